The Labute approximate surface area is 198 Å². The molecule has 0 atom stereocenters. The van der Waals surface area contributed by atoms with Crippen molar-refractivity contribution in [1.82, 2.24) is 0 Å². The van der Waals surface area contributed by atoms with E-state index >= 15 is 0 Å². The number of para-hydroxylation sites is 2. The average Bonchev–Trinajstić information content (AvgIpc) is 2.84. The molecule has 35 heavy (non-hydrogen) atoms. The van der Waals surface area contributed by atoms with Crippen molar-refractivity contribution in [3.63, 3.8) is 0 Å². The molecule has 4 rings (SSSR count). The fourth-order valence-electron chi connectivity index (χ4n) is 3.25. The summed E-state index contributed by atoms with van der Waals surface area (Å²) in [5.41, 5.74) is -0.435. The molecule has 0 aliphatic heterocycles. The number of nitro benzene ring substituents is 1. The largest absolute Gasteiger partial charge is 0.457 e. The van der Waals surface area contributed by atoms with Crippen LogP contribution in [0.3, 0.4) is 0 Å². The molecule has 0 aliphatic rings. The molecule has 1 N–H and O–H groups in total. The Bertz CT molecular complexity index is 1310. The van der Waals surface area contributed by atoms with Gasteiger partial charge in [0, 0.05) is 23.9 Å². The van der Waals surface area contributed by atoms with Gasteiger partial charge in [0.1, 0.15) is 17.2 Å². The predicted molar refractivity (Wildman–Crippen MR) is 125 cm³/mol. The van der Waals surface area contributed by atoms with Crippen molar-refractivity contribution < 1.29 is 27.6 Å². The summed E-state index contributed by atoms with van der Waals surface area (Å²) in [7, 11) is 0. The first-order valence-corrected chi connectivity index (χ1v) is 10.5. The topological polar surface area (TPSA) is 73.6 Å². The molecular weight excluding hydrogens is 461 g/mol. The number of nitrogens with zero attached hydrogens (tertiary/aromatic N) is 1. The molecule has 0 aromatic heterocycles. The van der Waals surface area contributed by atoms with Gasteiger partial charge in [-0.3, -0.25) is 10.1 Å². The molecule has 9 heteroatoms. The highest BCUT2D eigenvalue weighted by atomic mass is 19.4. The Morgan fingerprint density at radius 1 is 0.771 bits per heavy atom. The van der Waals surface area contributed by atoms with Gasteiger partial charge in [-0.1, -0.05) is 36.4 Å². The summed E-state index contributed by atoms with van der Waals surface area (Å²) in [5, 5.41) is 14.6. The molecule has 178 valence electrons. The number of alkyl halides is 3. The number of hydrogen-bond acceptors (Lipinski definition) is 5. The third-order valence-electron chi connectivity index (χ3n) is 4.99. The van der Waals surface area contributed by atoms with E-state index in [0.717, 1.165) is 23.6 Å². The van der Waals surface area contributed by atoms with Crippen LogP contribution >= 0.6 is 0 Å². The predicted octanol–water partition coefficient (Wildman–Crippen LogP) is 7.81. The molecule has 0 heterocycles. The van der Waals surface area contributed by atoms with Gasteiger partial charge >= 0.3 is 11.9 Å². The second-order valence-corrected chi connectivity index (χ2v) is 7.44. The fraction of sp³-hybridized carbons (Fsp3) is 0.0769. The quantitative estimate of drug-likeness (QED) is 0.206. The molecule has 0 aliphatic carbocycles. The molecule has 0 spiro atoms. The Kier molecular flexibility index (Phi) is 6.86. The van der Waals surface area contributed by atoms with Gasteiger partial charge in [-0.15, -0.1) is 0 Å². The highest BCUT2D eigenvalue weighted by Crippen LogP contribution is 2.38. The number of halogens is 3. The van der Waals surface area contributed by atoms with Crippen LogP contribution < -0.4 is 14.8 Å². The lowest BCUT2D eigenvalue weighted by atomic mass is 10.1. The van der Waals surface area contributed by atoms with Crippen LogP contribution in [0.5, 0.6) is 23.0 Å². The van der Waals surface area contributed by atoms with Crippen LogP contribution in [0.2, 0.25) is 0 Å². The molecule has 0 radical (unpaired) electrons. The summed E-state index contributed by atoms with van der Waals surface area (Å²) in [4.78, 5) is 10.5. The average molecular weight is 480 g/mol. The van der Waals surface area contributed by atoms with Crippen LogP contribution in [-0.2, 0) is 12.7 Å². The van der Waals surface area contributed by atoms with Crippen molar-refractivity contribution in [2.24, 2.45) is 0 Å². The van der Waals surface area contributed by atoms with E-state index in [9.17, 15) is 23.3 Å². The van der Waals surface area contributed by atoms with Gasteiger partial charge in [-0.05, 0) is 54.6 Å². The minimum absolute atomic E-state index is 0.280. The maximum atomic E-state index is 13.0. The molecule has 0 unspecified atom stereocenters. The first-order valence-electron chi connectivity index (χ1n) is 10.5. The Hall–Kier alpha value is -4.53. The lowest BCUT2D eigenvalue weighted by molar-refractivity contribution is -0.385. The molecule has 0 saturated carbocycles. The van der Waals surface area contributed by atoms with Crippen molar-refractivity contribution in [2.45, 2.75) is 12.7 Å². The van der Waals surface area contributed by atoms with Crippen molar-refractivity contribution in [3.05, 3.63) is 118 Å². The minimum atomic E-state index is -4.70. The molecule has 4 aromatic carbocycles. The number of ether oxygens (including phenoxy) is 2. The van der Waals surface area contributed by atoms with E-state index in [-0.39, 0.29) is 11.5 Å². The van der Waals surface area contributed by atoms with Gasteiger partial charge in [-0.25, -0.2) is 0 Å². The number of anilines is 1. The van der Waals surface area contributed by atoms with E-state index < -0.39 is 22.4 Å². The smallest absolute Gasteiger partial charge is 0.416 e. The molecule has 0 saturated heterocycles. The van der Waals surface area contributed by atoms with Crippen LogP contribution in [0.4, 0.5) is 24.5 Å². The zero-order valence-corrected chi connectivity index (χ0v) is 18.2. The Morgan fingerprint density at radius 3 is 2.11 bits per heavy atom. The molecule has 0 amide bonds. The van der Waals surface area contributed by atoms with Gasteiger partial charge < -0.3 is 14.8 Å². The molecule has 4 aromatic rings. The Morgan fingerprint density at radius 2 is 1.43 bits per heavy atom. The minimum Gasteiger partial charge on any atom is -0.457 e. The van der Waals surface area contributed by atoms with Crippen LogP contribution in [0.15, 0.2) is 97.1 Å². The van der Waals surface area contributed by atoms with Gasteiger partial charge in [0.15, 0.2) is 0 Å². The second kappa shape index (κ2) is 10.2. The summed E-state index contributed by atoms with van der Waals surface area (Å²) < 4.78 is 50.4. The normalized spacial score (nSPS) is 11.1. The van der Waals surface area contributed by atoms with E-state index in [1.807, 2.05) is 54.6 Å². The van der Waals surface area contributed by atoms with E-state index in [1.54, 1.807) is 24.3 Å². The van der Waals surface area contributed by atoms with Crippen molar-refractivity contribution in [2.75, 3.05) is 5.32 Å². The van der Waals surface area contributed by atoms with Crippen molar-refractivity contribution >= 4 is 11.4 Å². The molecule has 0 bridgehead atoms. The number of nitrogens with one attached hydrogen (secondary N) is 1. The molecule has 6 nitrogen and oxygen atoms in total. The van der Waals surface area contributed by atoms with Gasteiger partial charge in [-0.2, -0.15) is 13.2 Å². The number of nitro groups is 1. The lowest BCUT2D eigenvalue weighted by Crippen LogP contribution is -2.06. The third kappa shape index (κ3) is 6.08. The van der Waals surface area contributed by atoms with E-state index in [0.29, 0.717) is 23.9 Å². The number of hydrogen-bond donors (Lipinski definition) is 1. The van der Waals surface area contributed by atoms with Crippen molar-refractivity contribution in [1.29, 1.82) is 0 Å². The summed E-state index contributed by atoms with van der Waals surface area (Å²) >= 11 is 0. The third-order valence-corrected chi connectivity index (χ3v) is 4.99. The summed E-state index contributed by atoms with van der Waals surface area (Å²) in [5.74, 6) is 1.39. The van der Waals surface area contributed by atoms with Crippen LogP contribution in [-0.4, -0.2) is 4.92 Å². The zero-order valence-electron chi connectivity index (χ0n) is 18.2. The first kappa shape index (κ1) is 23.6. The zero-order chi connectivity index (χ0) is 24.8. The van der Waals surface area contributed by atoms with Crippen molar-refractivity contribution in [3.8, 4) is 23.0 Å². The van der Waals surface area contributed by atoms with Gasteiger partial charge in [0.2, 0.25) is 5.75 Å². The van der Waals surface area contributed by atoms with Crippen LogP contribution in [0.1, 0.15) is 11.1 Å². The highest BCUT2D eigenvalue weighted by molar-refractivity contribution is 5.53. The second-order valence-electron chi connectivity index (χ2n) is 7.44. The lowest BCUT2D eigenvalue weighted by Gasteiger charge is -2.14. The van der Waals surface area contributed by atoms with Crippen LogP contribution in [0.25, 0.3) is 0 Å². The first-order chi connectivity index (χ1) is 16.8. The van der Waals surface area contributed by atoms with E-state index in [1.165, 1.54) is 0 Å². The Balaban J connectivity index is 1.47. The SMILES string of the molecule is O=[N+]([O-])c1cc(C(F)(F)F)ccc1Oc1ccccc1CNc1ccc(Oc2ccccc2)cc1. The van der Waals surface area contributed by atoms with E-state index in [2.05, 4.69) is 5.32 Å². The summed E-state index contributed by atoms with van der Waals surface area (Å²) in [6, 6.07) is 25.6. The molecule has 0 fully saturated rings. The number of rotatable bonds is 8. The molecular formula is C26H19F3N2O4. The summed E-state index contributed by atoms with van der Waals surface area (Å²) in [6.07, 6.45) is -4.70. The summed E-state index contributed by atoms with van der Waals surface area (Å²) in [6.45, 7) is 0.309. The van der Waals surface area contributed by atoms with Crippen LogP contribution in [0, 0.1) is 10.1 Å². The van der Waals surface area contributed by atoms with E-state index in [4.69, 9.17) is 9.47 Å². The maximum absolute atomic E-state index is 13.0. The fourth-order valence-corrected chi connectivity index (χ4v) is 3.25. The standard InChI is InChI=1S/C26H19F3N2O4/c27-26(28,29)19-10-15-25(23(16-19)31(32)33)35-24-9-5-4-6-18(24)17-30-20-11-13-22(14-12-20)34-21-7-2-1-3-8-21/h1-16,30H,17H2. The number of benzene rings is 4. The monoisotopic (exact) mass is 480 g/mol. The maximum Gasteiger partial charge on any atom is 0.416 e. The highest BCUT2D eigenvalue weighted by Gasteiger charge is 2.33. The van der Waals surface area contributed by atoms with Gasteiger partial charge in [0.05, 0.1) is 10.5 Å². The van der Waals surface area contributed by atoms with Gasteiger partial charge in [0.25, 0.3) is 0 Å².